The second-order valence-corrected chi connectivity index (χ2v) is 6.88. The molecule has 0 saturated carbocycles. The van der Waals surface area contributed by atoms with E-state index in [1.807, 2.05) is 6.07 Å². The molecule has 140 valence electrons. The molecule has 0 saturated heterocycles. The zero-order chi connectivity index (χ0) is 19.5. The molecule has 0 amide bonds. The molecule has 0 atom stereocenters. The maximum absolute atomic E-state index is 13.2. The molecule has 0 aliphatic rings. The first-order valence-electron chi connectivity index (χ1n) is 8.24. The van der Waals surface area contributed by atoms with Gasteiger partial charge in [0.25, 0.3) is 5.69 Å². The first-order valence-corrected chi connectivity index (χ1v) is 9.06. The third-order valence-electron chi connectivity index (χ3n) is 3.84. The summed E-state index contributed by atoms with van der Waals surface area (Å²) in [6.45, 7) is 0.481. The quantitative estimate of drug-likeness (QED) is 0.358. The molecule has 28 heavy (non-hydrogen) atoms. The summed E-state index contributed by atoms with van der Waals surface area (Å²) in [4.78, 5) is 19.1. The van der Waals surface area contributed by atoms with Crippen molar-refractivity contribution in [2.24, 2.45) is 0 Å². The van der Waals surface area contributed by atoms with Gasteiger partial charge in [-0.05, 0) is 23.8 Å². The lowest BCUT2D eigenvalue weighted by atomic mass is 10.3. The van der Waals surface area contributed by atoms with Crippen LogP contribution in [-0.2, 0) is 6.54 Å². The van der Waals surface area contributed by atoms with Crippen LogP contribution >= 0.6 is 11.3 Å². The van der Waals surface area contributed by atoms with Crippen molar-refractivity contribution in [3.63, 3.8) is 0 Å². The maximum atomic E-state index is 13.2. The average Bonchev–Trinajstić information content (AvgIpc) is 3.09. The Morgan fingerprint density at radius 1 is 1.18 bits per heavy atom. The summed E-state index contributed by atoms with van der Waals surface area (Å²) in [5.74, 6) is 0.364. The van der Waals surface area contributed by atoms with Crippen LogP contribution in [0.1, 0.15) is 5.56 Å². The summed E-state index contributed by atoms with van der Waals surface area (Å²) in [5, 5.41) is 14.7. The molecule has 4 rings (SSSR count). The minimum Gasteiger partial charge on any atom is -0.439 e. The smallest absolute Gasteiger partial charge is 0.270 e. The standard InChI is InChI=1S/C19H13FN4O3S/c20-13-2-1-3-15(8-13)27-18-7-4-12(10-21-18)11-22-19-23-16-6-5-14(24(25)26)9-17(16)28-19/h1-10H,11H2,(H,22,23). The Morgan fingerprint density at radius 2 is 2.07 bits per heavy atom. The number of benzene rings is 2. The SMILES string of the molecule is O=[N+]([O-])c1ccc2nc(NCc3ccc(Oc4cccc(F)c4)nc3)sc2c1. The molecule has 0 radical (unpaired) electrons. The van der Waals surface area contributed by atoms with E-state index < -0.39 is 4.92 Å². The number of hydrogen-bond acceptors (Lipinski definition) is 7. The van der Waals surface area contributed by atoms with Gasteiger partial charge in [-0.3, -0.25) is 10.1 Å². The lowest BCUT2D eigenvalue weighted by Gasteiger charge is -2.06. The number of thiazole rings is 1. The van der Waals surface area contributed by atoms with E-state index in [0.29, 0.717) is 28.8 Å². The minimum atomic E-state index is -0.425. The highest BCUT2D eigenvalue weighted by Crippen LogP contribution is 2.29. The lowest BCUT2D eigenvalue weighted by Crippen LogP contribution is -1.99. The van der Waals surface area contributed by atoms with Crippen molar-refractivity contribution >= 4 is 32.4 Å². The van der Waals surface area contributed by atoms with Crippen molar-refractivity contribution in [1.82, 2.24) is 9.97 Å². The Hall–Kier alpha value is -3.59. The van der Waals surface area contributed by atoms with E-state index in [1.54, 1.807) is 30.5 Å². The average molecular weight is 396 g/mol. The molecule has 7 nitrogen and oxygen atoms in total. The Bertz CT molecular complexity index is 1150. The number of ether oxygens (including phenoxy) is 1. The molecule has 0 aliphatic heterocycles. The number of aromatic nitrogens is 2. The second kappa shape index (κ2) is 7.57. The zero-order valence-electron chi connectivity index (χ0n) is 14.3. The number of hydrogen-bond donors (Lipinski definition) is 1. The fourth-order valence-corrected chi connectivity index (χ4v) is 3.40. The Morgan fingerprint density at radius 3 is 2.82 bits per heavy atom. The molecule has 0 bridgehead atoms. The van der Waals surface area contributed by atoms with Gasteiger partial charge >= 0.3 is 0 Å². The van der Waals surface area contributed by atoms with Gasteiger partial charge < -0.3 is 10.1 Å². The number of rotatable bonds is 6. The Kier molecular flexibility index (Phi) is 4.81. The van der Waals surface area contributed by atoms with E-state index in [2.05, 4.69) is 15.3 Å². The summed E-state index contributed by atoms with van der Waals surface area (Å²) in [6, 6.07) is 14.0. The largest absolute Gasteiger partial charge is 0.439 e. The number of nitro benzene ring substituents is 1. The zero-order valence-corrected chi connectivity index (χ0v) is 15.1. The summed E-state index contributed by atoms with van der Waals surface area (Å²) < 4.78 is 19.4. The van der Waals surface area contributed by atoms with Crippen LogP contribution in [0.25, 0.3) is 10.2 Å². The molecule has 4 aromatic rings. The number of halogens is 1. The number of fused-ring (bicyclic) bond motifs is 1. The molecule has 0 unspecified atom stereocenters. The van der Waals surface area contributed by atoms with Gasteiger partial charge in [0.2, 0.25) is 5.88 Å². The number of pyridine rings is 1. The maximum Gasteiger partial charge on any atom is 0.270 e. The molecular formula is C19H13FN4O3S. The molecule has 1 N–H and O–H groups in total. The van der Waals surface area contributed by atoms with Gasteiger partial charge in [-0.15, -0.1) is 0 Å². The van der Waals surface area contributed by atoms with E-state index in [0.717, 1.165) is 10.3 Å². The van der Waals surface area contributed by atoms with Crippen LogP contribution in [0.3, 0.4) is 0 Å². The van der Waals surface area contributed by atoms with Gasteiger partial charge in [0, 0.05) is 37.0 Å². The molecule has 0 fully saturated rings. The van der Waals surface area contributed by atoms with Gasteiger partial charge in [0.15, 0.2) is 5.13 Å². The van der Waals surface area contributed by atoms with Crippen LogP contribution in [0.2, 0.25) is 0 Å². The van der Waals surface area contributed by atoms with Gasteiger partial charge in [-0.25, -0.2) is 14.4 Å². The van der Waals surface area contributed by atoms with Crippen molar-refractivity contribution in [3.05, 3.63) is 82.3 Å². The van der Waals surface area contributed by atoms with Crippen LogP contribution < -0.4 is 10.1 Å². The fourth-order valence-electron chi connectivity index (χ4n) is 2.51. The number of nitrogens with one attached hydrogen (secondary N) is 1. The summed E-state index contributed by atoms with van der Waals surface area (Å²) in [7, 11) is 0. The van der Waals surface area contributed by atoms with Crippen LogP contribution in [0.4, 0.5) is 15.2 Å². The van der Waals surface area contributed by atoms with Crippen molar-refractivity contribution in [2.45, 2.75) is 6.54 Å². The fraction of sp³-hybridized carbons (Fsp3) is 0.0526. The number of non-ortho nitro benzene ring substituents is 1. The van der Waals surface area contributed by atoms with Crippen molar-refractivity contribution in [2.75, 3.05) is 5.32 Å². The highest BCUT2D eigenvalue weighted by atomic mass is 32.1. The van der Waals surface area contributed by atoms with Gasteiger partial charge in [-0.2, -0.15) is 0 Å². The third kappa shape index (κ3) is 4.04. The van der Waals surface area contributed by atoms with Crippen LogP contribution in [0.5, 0.6) is 11.6 Å². The summed E-state index contributed by atoms with van der Waals surface area (Å²) >= 11 is 1.35. The lowest BCUT2D eigenvalue weighted by molar-refractivity contribution is -0.384. The monoisotopic (exact) mass is 396 g/mol. The van der Waals surface area contributed by atoms with E-state index in [1.165, 1.54) is 35.6 Å². The molecule has 2 heterocycles. The van der Waals surface area contributed by atoms with E-state index >= 15 is 0 Å². The number of anilines is 1. The molecule has 2 aromatic carbocycles. The molecule has 0 spiro atoms. The first-order chi connectivity index (χ1) is 13.6. The third-order valence-corrected chi connectivity index (χ3v) is 4.82. The first kappa shape index (κ1) is 17.8. The van der Waals surface area contributed by atoms with Crippen LogP contribution in [-0.4, -0.2) is 14.9 Å². The minimum absolute atomic E-state index is 0.0424. The molecular weight excluding hydrogens is 383 g/mol. The number of nitro groups is 1. The van der Waals surface area contributed by atoms with Crippen LogP contribution in [0, 0.1) is 15.9 Å². The topological polar surface area (TPSA) is 90.2 Å². The summed E-state index contributed by atoms with van der Waals surface area (Å²) in [5.41, 5.74) is 1.65. The van der Waals surface area contributed by atoms with E-state index in [9.17, 15) is 14.5 Å². The normalized spacial score (nSPS) is 10.8. The van der Waals surface area contributed by atoms with Crippen molar-refractivity contribution in [3.8, 4) is 11.6 Å². The predicted molar refractivity (Wildman–Crippen MR) is 104 cm³/mol. The van der Waals surface area contributed by atoms with Crippen molar-refractivity contribution < 1.29 is 14.1 Å². The second-order valence-electron chi connectivity index (χ2n) is 5.85. The molecule has 0 aliphatic carbocycles. The van der Waals surface area contributed by atoms with E-state index in [-0.39, 0.29) is 11.5 Å². The predicted octanol–water partition coefficient (Wildman–Crippen LogP) is 5.14. The van der Waals surface area contributed by atoms with Crippen molar-refractivity contribution in [1.29, 1.82) is 0 Å². The van der Waals surface area contributed by atoms with Gasteiger partial charge in [-0.1, -0.05) is 23.5 Å². The molecule has 2 aromatic heterocycles. The number of nitrogens with zero attached hydrogens (tertiary/aromatic N) is 3. The highest BCUT2D eigenvalue weighted by molar-refractivity contribution is 7.22. The van der Waals surface area contributed by atoms with E-state index in [4.69, 9.17) is 4.74 Å². The van der Waals surface area contributed by atoms with Gasteiger partial charge in [0.1, 0.15) is 11.6 Å². The Balaban J connectivity index is 1.41. The highest BCUT2D eigenvalue weighted by Gasteiger charge is 2.10. The van der Waals surface area contributed by atoms with Crippen LogP contribution in [0.15, 0.2) is 60.8 Å². The Labute approximate surface area is 162 Å². The van der Waals surface area contributed by atoms with Gasteiger partial charge in [0.05, 0.1) is 15.1 Å². The summed E-state index contributed by atoms with van der Waals surface area (Å²) in [6.07, 6.45) is 1.65. The molecule has 9 heteroatoms.